The van der Waals surface area contributed by atoms with Crippen molar-refractivity contribution in [3.8, 4) is 0 Å². The zero-order chi connectivity index (χ0) is 15.7. The van der Waals surface area contributed by atoms with Gasteiger partial charge in [-0.1, -0.05) is 0 Å². The molecule has 1 aliphatic heterocycles. The van der Waals surface area contributed by atoms with Crippen LogP contribution in [0.4, 0.5) is 5.82 Å². The second-order valence-electron chi connectivity index (χ2n) is 6.48. The molecule has 0 bridgehead atoms. The van der Waals surface area contributed by atoms with E-state index in [1.165, 1.54) is 17.5 Å². The minimum atomic E-state index is -0.0330. The maximum Gasteiger partial charge on any atom is 0.259 e. The molecule has 1 aromatic heterocycles. The summed E-state index contributed by atoms with van der Waals surface area (Å²) in [4.78, 5) is 17.0. The molecule has 1 saturated carbocycles. The molecule has 3 rings (SSSR count). The van der Waals surface area contributed by atoms with Gasteiger partial charge in [0.2, 0.25) is 0 Å². The van der Waals surface area contributed by atoms with Gasteiger partial charge in [-0.25, -0.2) is 0 Å². The number of nitrogen functional groups attached to an aromatic ring is 1. The third-order valence-corrected chi connectivity index (χ3v) is 4.44. The summed E-state index contributed by atoms with van der Waals surface area (Å²) in [7, 11) is 3.83. The number of hydrogen-bond acceptors (Lipinski definition) is 5. The van der Waals surface area contributed by atoms with Crippen molar-refractivity contribution in [2.75, 3.05) is 45.6 Å². The number of morpholine rings is 1. The fourth-order valence-corrected chi connectivity index (χ4v) is 2.86. The van der Waals surface area contributed by atoms with Crippen LogP contribution in [-0.2, 0) is 11.8 Å². The zero-order valence-corrected chi connectivity index (χ0v) is 13.4. The second-order valence-corrected chi connectivity index (χ2v) is 6.48. The summed E-state index contributed by atoms with van der Waals surface area (Å²) in [5.74, 6) is 1.02. The quantitative estimate of drug-likeness (QED) is 0.840. The Hall–Kier alpha value is -1.60. The molecule has 22 heavy (non-hydrogen) atoms. The van der Waals surface area contributed by atoms with Gasteiger partial charge in [0.25, 0.3) is 5.91 Å². The molecule has 0 radical (unpaired) electrons. The largest absolute Gasteiger partial charge is 0.383 e. The fraction of sp³-hybridized carbons (Fsp3) is 0.733. The van der Waals surface area contributed by atoms with Gasteiger partial charge in [0.1, 0.15) is 11.4 Å². The molecule has 1 aliphatic carbocycles. The van der Waals surface area contributed by atoms with E-state index in [2.05, 4.69) is 17.0 Å². The van der Waals surface area contributed by atoms with Gasteiger partial charge in [-0.3, -0.25) is 9.48 Å². The van der Waals surface area contributed by atoms with Crippen LogP contribution in [0, 0.1) is 5.92 Å². The van der Waals surface area contributed by atoms with Gasteiger partial charge in [-0.15, -0.1) is 0 Å². The van der Waals surface area contributed by atoms with Gasteiger partial charge in [0.15, 0.2) is 0 Å². The minimum absolute atomic E-state index is 0.0330. The highest BCUT2D eigenvalue weighted by Gasteiger charge is 2.31. The Balaban J connectivity index is 1.71. The Morgan fingerprint density at radius 3 is 2.82 bits per heavy atom. The number of hydrogen-bond donors (Lipinski definition) is 1. The number of aryl methyl sites for hydroxylation is 1. The molecule has 1 saturated heterocycles. The van der Waals surface area contributed by atoms with Gasteiger partial charge < -0.3 is 20.3 Å². The maximum absolute atomic E-state index is 12.8. The molecule has 1 amide bonds. The second kappa shape index (κ2) is 6.26. The highest BCUT2D eigenvalue weighted by atomic mass is 16.5. The molecule has 122 valence electrons. The van der Waals surface area contributed by atoms with Gasteiger partial charge >= 0.3 is 0 Å². The third kappa shape index (κ3) is 3.41. The minimum Gasteiger partial charge on any atom is -0.383 e. The lowest BCUT2D eigenvalue weighted by Crippen LogP contribution is -2.48. The molecule has 7 nitrogen and oxygen atoms in total. The predicted octanol–water partition coefficient (Wildman–Crippen LogP) is 0.185. The number of ether oxygens (including phenoxy) is 1. The van der Waals surface area contributed by atoms with Crippen LogP contribution in [-0.4, -0.2) is 71.4 Å². The van der Waals surface area contributed by atoms with E-state index in [0.717, 1.165) is 26.2 Å². The van der Waals surface area contributed by atoms with Crippen molar-refractivity contribution < 1.29 is 9.53 Å². The first kappa shape index (κ1) is 15.3. The third-order valence-electron chi connectivity index (χ3n) is 4.44. The molecule has 2 fully saturated rings. The molecule has 1 aromatic rings. The molecule has 1 atom stereocenters. The van der Waals surface area contributed by atoms with E-state index < -0.39 is 0 Å². The van der Waals surface area contributed by atoms with Crippen molar-refractivity contribution in [3.63, 3.8) is 0 Å². The van der Waals surface area contributed by atoms with Gasteiger partial charge in [0, 0.05) is 33.2 Å². The summed E-state index contributed by atoms with van der Waals surface area (Å²) in [6.45, 7) is 3.94. The monoisotopic (exact) mass is 307 g/mol. The van der Waals surface area contributed by atoms with E-state index in [4.69, 9.17) is 10.5 Å². The number of nitrogens with two attached hydrogens (primary N) is 1. The van der Waals surface area contributed by atoms with Crippen LogP contribution in [0.15, 0.2) is 6.20 Å². The molecular weight excluding hydrogens is 282 g/mol. The average Bonchev–Trinajstić information content (AvgIpc) is 3.24. The Morgan fingerprint density at radius 2 is 2.23 bits per heavy atom. The van der Waals surface area contributed by atoms with Crippen LogP contribution in [0.1, 0.15) is 23.2 Å². The van der Waals surface area contributed by atoms with E-state index in [1.807, 2.05) is 4.90 Å². The smallest absolute Gasteiger partial charge is 0.259 e. The van der Waals surface area contributed by atoms with Crippen molar-refractivity contribution in [1.82, 2.24) is 19.6 Å². The van der Waals surface area contributed by atoms with Gasteiger partial charge in [-0.05, 0) is 25.8 Å². The Bertz CT molecular complexity index is 540. The molecule has 1 unspecified atom stereocenters. The number of likely N-dealkylation sites (N-methyl/N-ethyl adjacent to an activating group) is 1. The highest BCUT2D eigenvalue weighted by Crippen LogP contribution is 2.30. The predicted molar refractivity (Wildman–Crippen MR) is 83.5 cm³/mol. The first-order valence-corrected chi connectivity index (χ1v) is 7.91. The first-order valence-electron chi connectivity index (χ1n) is 7.91. The van der Waals surface area contributed by atoms with E-state index in [0.29, 0.717) is 23.8 Å². The summed E-state index contributed by atoms with van der Waals surface area (Å²) in [6, 6.07) is 0. The molecule has 0 aromatic carbocycles. The lowest BCUT2D eigenvalue weighted by molar-refractivity contribution is -0.0331. The normalized spacial score (nSPS) is 22.7. The van der Waals surface area contributed by atoms with Crippen molar-refractivity contribution in [3.05, 3.63) is 11.8 Å². The van der Waals surface area contributed by atoms with Gasteiger partial charge in [0.05, 0.1) is 18.9 Å². The summed E-state index contributed by atoms with van der Waals surface area (Å²) >= 11 is 0. The van der Waals surface area contributed by atoms with E-state index in [1.54, 1.807) is 13.2 Å². The molecular formula is C15H25N5O2. The van der Waals surface area contributed by atoms with E-state index in [9.17, 15) is 4.79 Å². The number of aromatic nitrogens is 2. The summed E-state index contributed by atoms with van der Waals surface area (Å²) in [6.07, 6.45) is 4.04. The highest BCUT2D eigenvalue weighted by molar-refractivity contribution is 5.98. The number of amides is 1. The first-order chi connectivity index (χ1) is 10.5. The topological polar surface area (TPSA) is 76.6 Å². The molecule has 0 spiro atoms. The Kier molecular flexibility index (Phi) is 4.35. The van der Waals surface area contributed by atoms with Crippen LogP contribution >= 0.6 is 0 Å². The Labute approximate surface area is 131 Å². The Morgan fingerprint density at radius 1 is 1.45 bits per heavy atom. The van der Waals surface area contributed by atoms with Crippen LogP contribution in [0.3, 0.4) is 0 Å². The van der Waals surface area contributed by atoms with Crippen LogP contribution in [0.2, 0.25) is 0 Å². The SMILES string of the molecule is CN1CCOC(CN(CC2CC2)C(=O)c2cnn(C)c2N)C1. The number of carbonyl (C=O) groups excluding carboxylic acids is 1. The molecule has 2 N–H and O–H groups in total. The van der Waals surface area contributed by atoms with Crippen molar-refractivity contribution in [2.45, 2.75) is 18.9 Å². The molecule has 7 heteroatoms. The summed E-state index contributed by atoms with van der Waals surface area (Å²) in [5, 5.41) is 4.08. The fourth-order valence-electron chi connectivity index (χ4n) is 2.86. The number of nitrogens with zero attached hydrogens (tertiary/aromatic N) is 4. The van der Waals surface area contributed by atoms with Crippen molar-refractivity contribution in [2.24, 2.45) is 13.0 Å². The number of rotatable bonds is 5. The van der Waals surface area contributed by atoms with Crippen molar-refractivity contribution in [1.29, 1.82) is 0 Å². The average molecular weight is 307 g/mol. The molecule has 2 aliphatic rings. The van der Waals surface area contributed by atoms with E-state index in [-0.39, 0.29) is 12.0 Å². The summed E-state index contributed by atoms with van der Waals surface area (Å²) < 4.78 is 7.35. The van der Waals surface area contributed by atoms with Crippen LogP contribution in [0.25, 0.3) is 0 Å². The standard InChI is InChI=1S/C15H25N5O2/c1-18-5-6-22-12(9-18)10-20(8-11-3-4-11)15(21)13-7-17-19(2)14(13)16/h7,11-12H,3-6,8-10,16H2,1-2H3. The lowest BCUT2D eigenvalue weighted by atomic mass is 10.2. The zero-order valence-electron chi connectivity index (χ0n) is 13.4. The number of carbonyl (C=O) groups is 1. The van der Waals surface area contributed by atoms with E-state index >= 15 is 0 Å². The van der Waals surface area contributed by atoms with Crippen LogP contribution < -0.4 is 5.73 Å². The lowest BCUT2D eigenvalue weighted by Gasteiger charge is -2.34. The molecule has 2 heterocycles. The van der Waals surface area contributed by atoms with Crippen LogP contribution in [0.5, 0.6) is 0 Å². The van der Waals surface area contributed by atoms with Crippen molar-refractivity contribution >= 4 is 11.7 Å². The maximum atomic E-state index is 12.8. The summed E-state index contributed by atoms with van der Waals surface area (Å²) in [5.41, 5.74) is 6.45. The van der Waals surface area contributed by atoms with Gasteiger partial charge in [-0.2, -0.15) is 5.10 Å². The number of anilines is 1.